The molecule has 1 unspecified atom stereocenters. The van der Waals surface area contributed by atoms with E-state index in [4.69, 9.17) is 4.74 Å². The highest BCUT2D eigenvalue weighted by Crippen LogP contribution is 2.38. The number of benzene rings is 1. The zero-order chi connectivity index (χ0) is 15.6. The predicted octanol–water partition coefficient (Wildman–Crippen LogP) is 3.68. The van der Waals surface area contributed by atoms with E-state index in [2.05, 4.69) is 4.74 Å². The van der Waals surface area contributed by atoms with Crippen molar-refractivity contribution >= 4 is 23.8 Å². The summed E-state index contributed by atoms with van der Waals surface area (Å²) >= 11 is 1.44. The van der Waals surface area contributed by atoms with Crippen molar-refractivity contribution in [2.45, 2.75) is 24.1 Å². The maximum atomic E-state index is 13.1. The van der Waals surface area contributed by atoms with E-state index in [-0.39, 0.29) is 12.4 Å². The molecule has 1 heterocycles. The van der Waals surface area contributed by atoms with Crippen LogP contribution in [-0.2, 0) is 9.53 Å². The number of halogens is 3. The van der Waals surface area contributed by atoms with Gasteiger partial charge in [-0.1, -0.05) is 0 Å². The molecule has 1 aromatic carbocycles. The lowest BCUT2D eigenvalue weighted by Crippen LogP contribution is -2.40. The molecule has 1 aliphatic rings. The van der Waals surface area contributed by atoms with Crippen molar-refractivity contribution < 1.29 is 27.4 Å². The number of hydrogen-bond acceptors (Lipinski definition) is 4. The number of alkyl halides is 3. The molecular weight excluding hydrogens is 305 g/mol. The van der Waals surface area contributed by atoms with Gasteiger partial charge in [-0.3, -0.25) is 0 Å². The van der Waals surface area contributed by atoms with Crippen LogP contribution in [0.2, 0.25) is 0 Å². The molecule has 0 saturated carbocycles. The summed E-state index contributed by atoms with van der Waals surface area (Å²) in [5, 5.41) is 0. The third-order valence-corrected chi connectivity index (χ3v) is 3.59. The molecule has 0 spiro atoms. The molecule has 0 N–H and O–H groups in total. The molecule has 3 nitrogen and oxygen atoms in total. The minimum absolute atomic E-state index is 0.00153. The summed E-state index contributed by atoms with van der Waals surface area (Å²) in [7, 11) is 0. The number of carbonyl (C=O) groups excluding carboxylic acids is 1. The molecule has 0 fully saturated rings. The second kappa shape index (κ2) is 6.01. The Morgan fingerprint density at radius 3 is 2.71 bits per heavy atom. The second-order valence-electron chi connectivity index (χ2n) is 4.26. The summed E-state index contributed by atoms with van der Waals surface area (Å²) in [4.78, 5) is 12.6. The Morgan fingerprint density at radius 2 is 2.14 bits per heavy atom. The first kappa shape index (κ1) is 15.8. The highest BCUT2D eigenvalue weighted by Gasteiger charge is 2.48. The van der Waals surface area contributed by atoms with Gasteiger partial charge in [0.1, 0.15) is 5.75 Å². The van der Waals surface area contributed by atoms with Crippen molar-refractivity contribution in [3.8, 4) is 5.75 Å². The van der Waals surface area contributed by atoms with Gasteiger partial charge in [0.05, 0.1) is 12.2 Å². The summed E-state index contributed by atoms with van der Waals surface area (Å²) in [6, 6.07) is 4.81. The van der Waals surface area contributed by atoms with E-state index in [9.17, 15) is 18.0 Å². The smallest absolute Gasteiger partial charge is 0.430 e. The van der Waals surface area contributed by atoms with Crippen molar-refractivity contribution in [2.24, 2.45) is 0 Å². The molecule has 1 aromatic rings. The molecule has 0 aliphatic carbocycles. The Hall–Kier alpha value is -1.63. The summed E-state index contributed by atoms with van der Waals surface area (Å²) in [5.74, 6) is -0.914. The topological polar surface area (TPSA) is 35.5 Å². The lowest BCUT2D eigenvalue weighted by molar-refractivity contribution is -0.187. The van der Waals surface area contributed by atoms with Gasteiger partial charge in [-0.2, -0.15) is 13.2 Å². The van der Waals surface area contributed by atoms with E-state index in [1.165, 1.54) is 30.8 Å². The average Bonchev–Trinajstić information content (AvgIpc) is 2.44. The first-order valence-electron chi connectivity index (χ1n) is 6.17. The monoisotopic (exact) mass is 318 g/mol. The lowest BCUT2D eigenvalue weighted by atomic mass is 10.0. The molecular formula is C14H13F3O3S. The second-order valence-corrected chi connectivity index (χ2v) is 5.14. The first-order chi connectivity index (χ1) is 9.86. The molecule has 0 saturated heterocycles. The average molecular weight is 318 g/mol. The maximum absolute atomic E-state index is 13.1. The molecule has 0 radical (unpaired) electrons. The Morgan fingerprint density at radius 1 is 1.43 bits per heavy atom. The highest BCUT2D eigenvalue weighted by atomic mass is 32.2. The van der Waals surface area contributed by atoms with E-state index < -0.39 is 23.8 Å². The molecule has 0 bridgehead atoms. The van der Waals surface area contributed by atoms with E-state index in [1.807, 2.05) is 6.26 Å². The number of rotatable bonds is 3. The highest BCUT2D eigenvalue weighted by molar-refractivity contribution is 7.98. The van der Waals surface area contributed by atoms with Crippen LogP contribution >= 0.6 is 11.8 Å². The summed E-state index contributed by atoms with van der Waals surface area (Å²) in [5.41, 5.74) is -0.0968. The third-order valence-electron chi connectivity index (χ3n) is 2.86. The molecule has 1 aliphatic heterocycles. The fraction of sp³-hybridized carbons (Fsp3) is 0.357. The Kier molecular flexibility index (Phi) is 4.51. The van der Waals surface area contributed by atoms with Crippen LogP contribution in [0.3, 0.4) is 0 Å². The van der Waals surface area contributed by atoms with Gasteiger partial charge in [0.25, 0.3) is 0 Å². The van der Waals surface area contributed by atoms with Crippen molar-refractivity contribution in [1.82, 2.24) is 0 Å². The molecule has 1 atom stereocenters. The summed E-state index contributed by atoms with van der Waals surface area (Å²) in [6.45, 7) is 1.53. The first-order valence-corrected chi connectivity index (χ1v) is 7.39. The van der Waals surface area contributed by atoms with E-state index >= 15 is 0 Å². The molecule has 114 valence electrons. The molecule has 7 heteroatoms. The van der Waals surface area contributed by atoms with Crippen LogP contribution in [0, 0.1) is 0 Å². The minimum Gasteiger partial charge on any atom is -0.475 e. The van der Waals surface area contributed by atoms with Gasteiger partial charge >= 0.3 is 12.1 Å². The molecule has 0 aromatic heterocycles. The van der Waals surface area contributed by atoms with Crippen LogP contribution in [-0.4, -0.2) is 31.1 Å². The largest absolute Gasteiger partial charge is 0.475 e. The molecule has 21 heavy (non-hydrogen) atoms. The number of ether oxygens (including phenoxy) is 2. The quantitative estimate of drug-likeness (QED) is 0.629. The van der Waals surface area contributed by atoms with Gasteiger partial charge < -0.3 is 9.47 Å². The molecule has 0 amide bonds. The standard InChI is InChI=1S/C14H13F3O3S/c1-3-19-13(18)10-7-8-6-9(21-2)4-5-11(8)20-12(10)14(15,16)17/h4-7,12H,3H2,1-2H3. The van der Waals surface area contributed by atoms with Crippen LogP contribution < -0.4 is 4.74 Å². The predicted molar refractivity (Wildman–Crippen MR) is 73.3 cm³/mol. The fourth-order valence-electron chi connectivity index (χ4n) is 1.93. The minimum atomic E-state index is -4.69. The zero-order valence-electron chi connectivity index (χ0n) is 11.4. The van der Waals surface area contributed by atoms with Crippen molar-refractivity contribution in [3.63, 3.8) is 0 Å². The van der Waals surface area contributed by atoms with E-state index in [0.29, 0.717) is 5.56 Å². The van der Waals surface area contributed by atoms with Crippen LogP contribution in [0.5, 0.6) is 5.75 Å². The van der Waals surface area contributed by atoms with Gasteiger partial charge in [0, 0.05) is 10.5 Å². The van der Waals surface area contributed by atoms with Crippen molar-refractivity contribution in [1.29, 1.82) is 0 Å². The summed E-state index contributed by atoms with van der Waals surface area (Å²) in [6.07, 6.45) is -3.95. The number of esters is 1. The maximum Gasteiger partial charge on any atom is 0.430 e. The molecule has 2 rings (SSSR count). The Bertz CT molecular complexity index is 581. The van der Waals surface area contributed by atoms with E-state index in [0.717, 1.165) is 4.90 Å². The van der Waals surface area contributed by atoms with Crippen LogP contribution in [0.4, 0.5) is 13.2 Å². The van der Waals surface area contributed by atoms with Gasteiger partial charge in [-0.15, -0.1) is 11.8 Å². The van der Waals surface area contributed by atoms with Crippen LogP contribution in [0.1, 0.15) is 12.5 Å². The van der Waals surface area contributed by atoms with Gasteiger partial charge in [-0.05, 0) is 37.5 Å². The fourth-order valence-corrected chi connectivity index (χ4v) is 2.38. The SMILES string of the molecule is CCOC(=O)C1=Cc2cc(SC)ccc2OC1C(F)(F)F. The third kappa shape index (κ3) is 3.34. The number of fused-ring (bicyclic) bond motifs is 1. The Labute approximate surface area is 124 Å². The zero-order valence-corrected chi connectivity index (χ0v) is 12.2. The van der Waals surface area contributed by atoms with Crippen LogP contribution in [0.15, 0.2) is 28.7 Å². The summed E-state index contributed by atoms with van der Waals surface area (Å²) < 4.78 is 48.8. The van der Waals surface area contributed by atoms with Crippen molar-refractivity contribution in [3.05, 3.63) is 29.3 Å². The number of carbonyl (C=O) groups is 1. The van der Waals surface area contributed by atoms with Gasteiger partial charge in [-0.25, -0.2) is 4.79 Å². The van der Waals surface area contributed by atoms with Crippen molar-refractivity contribution in [2.75, 3.05) is 12.9 Å². The van der Waals surface area contributed by atoms with Crippen LogP contribution in [0.25, 0.3) is 6.08 Å². The van der Waals surface area contributed by atoms with Gasteiger partial charge in [0.2, 0.25) is 6.10 Å². The number of thioether (sulfide) groups is 1. The normalized spacial score (nSPS) is 17.6. The number of hydrogen-bond donors (Lipinski definition) is 0. The lowest BCUT2D eigenvalue weighted by Gasteiger charge is -2.28. The van der Waals surface area contributed by atoms with Gasteiger partial charge in [0.15, 0.2) is 0 Å². The Balaban J connectivity index is 2.47. The van der Waals surface area contributed by atoms with E-state index in [1.54, 1.807) is 12.1 Å².